The summed E-state index contributed by atoms with van der Waals surface area (Å²) in [5.41, 5.74) is 2.93. The first-order chi connectivity index (χ1) is 14.4. The summed E-state index contributed by atoms with van der Waals surface area (Å²) in [5.74, 6) is 1.99. The average Bonchev–Trinajstić information content (AvgIpc) is 3.13. The van der Waals surface area contributed by atoms with Crippen molar-refractivity contribution in [3.05, 3.63) is 54.0 Å². The molecule has 2 unspecified atom stereocenters. The molecule has 4 rings (SSSR count). The second-order valence-corrected chi connectivity index (χ2v) is 9.32. The molecule has 2 aromatic heterocycles. The lowest BCUT2D eigenvalue weighted by Crippen LogP contribution is -2.42. The van der Waals surface area contributed by atoms with E-state index in [4.69, 9.17) is 0 Å². The molecule has 158 valence electrons. The first-order valence-electron chi connectivity index (χ1n) is 11.1. The van der Waals surface area contributed by atoms with Crippen LogP contribution in [0.25, 0.3) is 16.9 Å². The maximum Gasteiger partial charge on any atom is 0.253 e. The Balaban J connectivity index is 1.65. The predicted octanol–water partition coefficient (Wildman–Crippen LogP) is 5.31. The van der Waals surface area contributed by atoms with Gasteiger partial charge >= 0.3 is 0 Å². The molecule has 3 aromatic rings. The molecule has 0 radical (unpaired) electrons. The summed E-state index contributed by atoms with van der Waals surface area (Å²) in [7, 11) is 0. The van der Waals surface area contributed by atoms with Crippen molar-refractivity contribution in [3.63, 3.8) is 0 Å². The maximum atomic E-state index is 13.4. The molecule has 1 amide bonds. The molecule has 1 N–H and O–H groups in total. The van der Waals surface area contributed by atoms with Crippen LogP contribution in [0.4, 0.5) is 0 Å². The van der Waals surface area contributed by atoms with E-state index >= 15 is 0 Å². The topological polar surface area (TPSA) is 59.8 Å². The zero-order valence-electron chi connectivity index (χ0n) is 18.5. The molecule has 30 heavy (non-hydrogen) atoms. The van der Waals surface area contributed by atoms with Gasteiger partial charge in [0.05, 0.1) is 11.1 Å². The standard InChI is InChI=1S/C25H32N4O/c1-5-25(13-17(2)12-18(3)14-25)16-28-23(30)20-15-29(24-26-10-7-11-27-24)21-9-6-8-19(4)22(20)21/h6-11,15,17-18H,5,12-14,16H2,1-4H3,(H,28,30). The number of aromatic nitrogens is 3. The number of hydrogen-bond acceptors (Lipinski definition) is 3. The number of nitrogens with zero attached hydrogens (tertiary/aromatic N) is 3. The SMILES string of the molecule is CCC1(CNC(=O)c2cn(-c3ncccn3)c3cccc(C)c23)CC(C)CC(C)C1. The van der Waals surface area contributed by atoms with Crippen LogP contribution in [0.1, 0.15) is 62.4 Å². The molecule has 0 bridgehead atoms. The van der Waals surface area contributed by atoms with Gasteiger partial charge in [-0.15, -0.1) is 0 Å². The second-order valence-electron chi connectivity index (χ2n) is 9.32. The summed E-state index contributed by atoms with van der Waals surface area (Å²) >= 11 is 0. The summed E-state index contributed by atoms with van der Waals surface area (Å²) in [5, 5.41) is 4.26. The highest BCUT2D eigenvalue weighted by Gasteiger charge is 2.37. The Morgan fingerprint density at radius 1 is 1.17 bits per heavy atom. The van der Waals surface area contributed by atoms with Gasteiger partial charge in [-0.05, 0) is 67.6 Å². The monoisotopic (exact) mass is 404 g/mol. The molecule has 2 atom stereocenters. The zero-order chi connectivity index (χ0) is 21.3. The van der Waals surface area contributed by atoms with Crippen LogP contribution < -0.4 is 5.32 Å². The summed E-state index contributed by atoms with van der Waals surface area (Å²) < 4.78 is 1.91. The minimum absolute atomic E-state index is 0.0114. The Kier molecular flexibility index (Phi) is 5.63. The van der Waals surface area contributed by atoms with Crippen LogP contribution in [0.15, 0.2) is 42.9 Å². The third-order valence-electron chi connectivity index (χ3n) is 6.79. The van der Waals surface area contributed by atoms with Crippen molar-refractivity contribution < 1.29 is 4.79 Å². The summed E-state index contributed by atoms with van der Waals surface area (Å²) in [6.07, 6.45) is 10.1. The number of aryl methyl sites for hydroxylation is 1. The Morgan fingerprint density at radius 3 is 2.53 bits per heavy atom. The Morgan fingerprint density at radius 2 is 1.87 bits per heavy atom. The van der Waals surface area contributed by atoms with E-state index in [1.165, 1.54) is 19.3 Å². The molecule has 5 nitrogen and oxygen atoms in total. The summed E-state index contributed by atoms with van der Waals surface area (Å²) in [6, 6.07) is 7.88. The molecule has 1 aliphatic carbocycles. The van der Waals surface area contributed by atoms with Gasteiger partial charge in [-0.3, -0.25) is 9.36 Å². The highest BCUT2D eigenvalue weighted by atomic mass is 16.1. The van der Waals surface area contributed by atoms with Crippen molar-refractivity contribution in [2.45, 2.75) is 53.4 Å². The molecule has 0 aliphatic heterocycles. The van der Waals surface area contributed by atoms with Crippen LogP contribution in [-0.2, 0) is 0 Å². The fraction of sp³-hybridized carbons (Fsp3) is 0.480. The van der Waals surface area contributed by atoms with Crippen molar-refractivity contribution in [1.29, 1.82) is 0 Å². The van der Waals surface area contributed by atoms with E-state index in [0.29, 0.717) is 23.3 Å². The van der Waals surface area contributed by atoms with Crippen molar-refractivity contribution in [2.24, 2.45) is 17.3 Å². The van der Waals surface area contributed by atoms with E-state index < -0.39 is 0 Å². The van der Waals surface area contributed by atoms with E-state index in [1.54, 1.807) is 18.5 Å². The van der Waals surface area contributed by atoms with Crippen LogP contribution in [0.2, 0.25) is 0 Å². The fourth-order valence-electron chi connectivity index (χ4n) is 5.56. The van der Waals surface area contributed by atoms with Crippen LogP contribution in [0.3, 0.4) is 0 Å². The second kappa shape index (κ2) is 8.21. The maximum absolute atomic E-state index is 13.4. The van der Waals surface area contributed by atoms with E-state index in [9.17, 15) is 4.79 Å². The van der Waals surface area contributed by atoms with Crippen molar-refractivity contribution in [3.8, 4) is 5.95 Å². The molecule has 0 saturated heterocycles. The van der Waals surface area contributed by atoms with Gasteiger partial charge in [0.1, 0.15) is 0 Å². The number of benzene rings is 1. The Bertz CT molecular complexity index is 1030. The molecule has 1 fully saturated rings. The lowest BCUT2D eigenvalue weighted by Gasteiger charge is -2.42. The van der Waals surface area contributed by atoms with Gasteiger partial charge in [0, 0.05) is 30.5 Å². The minimum atomic E-state index is -0.0114. The van der Waals surface area contributed by atoms with E-state index in [-0.39, 0.29) is 11.3 Å². The number of amides is 1. The number of rotatable bonds is 5. The molecule has 1 saturated carbocycles. The number of carbonyl (C=O) groups excluding carboxylic acids is 1. The molecule has 5 heteroatoms. The van der Waals surface area contributed by atoms with E-state index in [0.717, 1.165) is 29.4 Å². The van der Waals surface area contributed by atoms with Gasteiger partial charge in [0.25, 0.3) is 5.91 Å². The summed E-state index contributed by atoms with van der Waals surface area (Å²) in [4.78, 5) is 22.1. The Hall–Kier alpha value is -2.69. The van der Waals surface area contributed by atoms with Gasteiger partial charge in [0.15, 0.2) is 0 Å². The van der Waals surface area contributed by atoms with E-state index in [1.807, 2.05) is 35.9 Å². The molecule has 2 heterocycles. The number of hydrogen-bond donors (Lipinski definition) is 1. The van der Waals surface area contributed by atoms with Crippen LogP contribution in [-0.4, -0.2) is 27.0 Å². The molecular formula is C25H32N4O. The highest BCUT2D eigenvalue weighted by Crippen LogP contribution is 2.44. The van der Waals surface area contributed by atoms with Crippen molar-refractivity contribution in [2.75, 3.05) is 6.54 Å². The molecule has 1 aliphatic rings. The fourth-order valence-corrected chi connectivity index (χ4v) is 5.56. The summed E-state index contributed by atoms with van der Waals surface area (Å²) in [6.45, 7) is 9.74. The minimum Gasteiger partial charge on any atom is -0.351 e. The van der Waals surface area contributed by atoms with Crippen LogP contribution in [0.5, 0.6) is 0 Å². The van der Waals surface area contributed by atoms with Gasteiger partial charge < -0.3 is 5.32 Å². The third-order valence-corrected chi connectivity index (χ3v) is 6.79. The lowest BCUT2D eigenvalue weighted by atomic mass is 9.65. The van der Waals surface area contributed by atoms with Crippen molar-refractivity contribution >= 4 is 16.8 Å². The number of nitrogens with one attached hydrogen (secondary N) is 1. The lowest BCUT2D eigenvalue weighted by molar-refractivity contribution is 0.0795. The van der Waals surface area contributed by atoms with Gasteiger partial charge in [-0.1, -0.05) is 32.9 Å². The Labute approximate surface area is 178 Å². The van der Waals surface area contributed by atoms with Crippen LogP contribution >= 0.6 is 0 Å². The smallest absolute Gasteiger partial charge is 0.253 e. The highest BCUT2D eigenvalue weighted by molar-refractivity contribution is 6.08. The molecular weight excluding hydrogens is 372 g/mol. The zero-order valence-corrected chi connectivity index (χ0v) is 18.5. The quantitative estimate of drug-likeness (QED) is 0.627. The van der Waals surface area contributed by atoms with Gasteiger partial charge in [-0.25, -0.2) is 9.97 Å². The largest absolute Gasteiger partial charge is 0.351 e. The van der Waals surface area contributed by atoms with Crippen LogP contribution in [0, 0.1) is 24.2 Å². The molecule has 1 aromatic carbocycles. The third kappa shape index (κ3) is 3.85. The van der Waals surface area contributed by atoms with Crippen molar-refractivity contribution in [1.82, 2.24) is 19.9 Å². The first kappa shape index (κ1) is 20.6. The normalized spacial score (nSPS) is 24.1. The first-order valence-corrected chi connectivity index (χ1v) is 11.1. The van der Waals surface area contributed by atoms with Gasteiger partial charge in [0.2, 0.25) is 5.95 Å². The average molecular weight is 405 g/mol. The predicted molar refractivity (Wildman–Crippen MR) is 121 cm³/mol. The van der Waals surface area contributed by atoms with E-state index in [2.05, 4.69) is 36.1 Å². The number of fused-ring (bicyclic) bond motifs is 1. The number of carbonyl (C=O) groups is 1. The van der Waals surface area contributed by atoms with Gasteiger partial charge in [-0.2, -0.15) is 0 Å². The molecule has 0 spiro atoms.